The molecule has 0 fully saturated rings. The van der Waals surface area contributed by atoms with Crippen LogP contribution >= 0.6 is 0 Å². The van der Waals surface area contributed by atoms with E-state index in [-0.39, 0.29) is 0 Å². The number of furan rings is 1. The van der Waals surface area contributed by atoms with Crippen LogP contribution in [0.2, 0.25) is 13.1 Å². The second kappa shape index (κ2) is 11.4. The summed E-state index contributed by atoms with van der Waals surface area (Å²) in [4.78, 5) is 2.42. The molecule has 1 aliphatic heterocycles. The summed E-state index contributed by atoms with van der Waals surface area (Å²) in [6.07, 6.45) is 0. The van der Waals surface area contributed by atoms with E-state index in [1.807, 2.05) is 0 Å². The largest absolute Gasteiger partial charge is 0.455 e. The van der Waals surface area contributed by atoms with E-state index in [9.17, 15) is 0 Å². The Labute approximate surface area is 298 Å². The summed E-state index contributed by atoms with van der Waals surface area (Å²) in [6.45, 7) is 4.96. The van der Waals surface area contributed by atoms with Crippen LogP contribution in [0.5, 0.6) is 0 Å². The molecule has 8 aromatic carbocycles. The highest BCUT2D eigenvalue weighted by Crippen LogP contribution is 2.42. The molecule has 0 saturated heterocycles. The van der Waals surface area contributed by atoms with Crippen molar-refractivity contribution in [3.63, 3.8) is 0 Å². The van der Waals surface area contributed by atoms with Crippen LogP contribution in [-0.2, 0) is 0 Å². The van der Waals surface area contributed by atoms with E-state index >= 15 is 0 Å². The lowest BCUT2D eigenvalue weighted by Crippen LogP contribution is -2.49. The Hall–Kier alpha value is -6.16. The first kappa shape index (κ1) is 29.7. The van der Waals surface area contributed by atoms with Crippen molar-refractivity contribution in [1.29, 1.82) is 0 Å². The lowest BCUT2D eigenvalue weighted by molar-refractivity contribution is 0.670. The molecule has 0 aliphatic carbocycles. The van der Waals surface area contributed by atoms with Crippen LogP contribution in [0.1, 0.15) is 0 Å². The molecule has 0 amide bonds. The summed E-state index contributed by atoms with van der Waals surface area (Å²) in [5.74, 6) is 0. The number of hydrogen-bond acceptors (Lipinski definition) is 2. The zero-order valence-electron chi connectivity index (χ0n) is 28.6. The van der Waals surface area contributed by atoms with Gasteiger partial charge in [-0.1, -0.05) is 140 Å². The molecule has 2 nitrogen and oxygen atoms in total. The van der Waals surface area contributed by atoms with E-state index in [1.165, 1.54) is 65.3 Å². The van der Waals surface area contributed by atoms with Gasteiger partial charge in [0.15, 0.2) is 0 Å². The fraction of sp³-hybridized carbons (Fsp3) is 0.0417. The van der Waals surface area contributed by atoms with Gasteiger partial charge in [-0.3, -0.25) is 0 Å². The van der Waals surface area contributed by atoms with E-state index in [4.69, 9.17) is 4.42 Å². The number of para-hydroxylation sites is 1. The van der Waals surface area contributed by atoms with Gasteiger partial charge >= 0.3 is 0 Å². The molecule has 0 spiro atoms. The molecule has 10 rings (SSSR count). The molecule has 242 valence electrons. The van der Waals surface area contributed by atoms with Gasteiger partial charge in [-0.15, -0.1) is 0 Å². The first-order valence-corrected chi connectivity index (χ1v) is 20.7. The average molecular weight is 670 g/mol. The Balaban J connectivity index is 1.12. The summed E-state index contributed by atoms with van der Waals surface area (Å²) >= 11 is 0. The minimum absolute atomic E-state index is 0.946. The quantitative estimate of drug-likeness (QED) is 0.170. The summed E-state index contributed by atoms with van der Waals surface area (Å²) in [7, 11) is -2.05. The Morgan fingerprint density at radius 2 is 1.10 bits per heavy atom. The van der Waals surface area contributed by atoms with E-state index < -0.39 is 8.07 Å². The minimum atomic E-state index is -2.05. The average Bonchev–Trinajstić information content (AvgIpc) is 3.67. The molecule has 9 aromatic rings. The fourth-order valence-electron chi connectivity index (χ4n) is 8.20. The Morgan fingerprint density at radius 3 is 1.96 bits per heavy atom. The highest BCUT2D eigenvalue weighted by molar-refractivity contribution is 7.04. The molecule has 1 aliphatic rings. The SMILES string of the molecule is C[Si]1(C)c2cc(N(c3ccc(-c4ccc5ccccc5c4)cc3)c3cccc(-c4ccccc4)c3)ccc2-c2c1ccc1c2oc2ccccc21. The van der Waals surface area contributed by atoms with Crippen molar-refractivity contribution >= 4 is 68.2 Å². The summed E-state index contributed by atoms with van der Waals surface area (Å²) in [5, 5.41) is 7.77. The van der Waals surface area contributed by atoms with Gasteiger partial charge in [0, 0.05) is 33.4 Å². The number of anilines is 3. The zero-order chi connectivity index (χ0) is 34.1. The highest BCUT2D eigenvalue weighted by Gasteiger charge is 2.40. The third kappa shape index (κ3) is 4.77. The van der Waals surface area contributed by atoms with Crippen molar-refractivity contribution in [2.45, 2.75) is 13.1 Å². The normalized spacial score (nSPS) is 13.1. The van der Waals surface area contributed by atoms with Crippen molar-refractivity contribution in [2.75, 3.05) is 4.90 Å². The number of benzene rings is 8. The molecular weight excluding hydrogens is 635 g/mol. The first-order valence-electron chi connectivity index (χ1n) is 17.7. The van der Waals surface area contributed by atoms with Crippen LogP contribution in [0.25, 0.3) is 66.1 Å². The van der Waals surface area contributed by atoms with Crippen molar-refractivity contribution in [2.24, 2.45) is 0 Å². The molecule has 0 unspecified atom stereocenters. The zero-order valence-corrected chi connectivity index (χ0v) is 29.6. The molecule has 0 atom stereocenters. The summed E-state index contributed by atoms with van der Waals surface area (Å²) in [5.41, 5.74) is 12.8. The summed E-state index contributed by atoms with van der Waals surface area (Å²) in [6, 6.07) is 64.1. The molecule has 51 heavy (non-hydrogen) atoms. The van der Waals surface area contributed by atoms with Crippen molar-refractivity contribution < 1.29 is 4.42 Å². The molecule has 0 N–H and O–H groups in total. The number of rotatable bonds is 5. The van der Waals surface area contributed by atoms with Crippen LogP contribution in [0, 0.1) is 0 Å². The van der Waals surface area contributed by atoms with Crippen molar-refractivity contribution in [3.8, 4) is 33.4 Å². The minimum Gasteiger partial charge on any atom is -0.455 e. The van der Waals surface area contributed by atoms with E-state index in [0.29, 0.717) is 0 Å². The Bertz CT molecular complexity index is 2780. The van der Waals surface area contributed by atoms with E-state index in [1.54, 1.807) is 0 Å². The third-order valence-corrected chi connectivity index (χ3v) is 14.4. The smallest absolute Gasteiger partial charge is 0.143 e. The predicted molar refractivity (Wildman–Crippen MR) is 219 cm³/mol. The number of nitrogens with zero attached hydrogens (tertiary/aromatic N) is 1. The van der Waals surface area contributed by atoms with Crippen molar-refractivity contribution in [3.05, 3.63) is 176 Å². The number of fused-ring (bicyclic) bond motifs is 8. The molecular formula is C48H35NOSi. The maximum absolute atomic E-state index is 6.60. The second-order valence-electron chi connectivity index (χ2n) is 14.2. The monoisotopic (exact) mass is 669 g/mol. The first-order chi connectivity index (χ1) is 25.0. The van der Waals surface area contributed by atoms with Gasteiger partial charge in [0.2, 0.25) is 0 Å². The van der Waals surface area contributed by atoms with Gasteiger partial charge in [-0.2, -0.15) is 0 Å². The van der Waals surface area contributed by atoms with Crippen LogP contribution in [-0.4, -0.2) is 8.07 Å². The predicted octanol–water partition coefficient (Wildman–Crippen LogP) is 12.3. The number of hydrogen-bond donors (Lipinski definition) is 0. The highest BCUT2D eigenvalue weighted by atomic mass is 28.3. The molecule has 2 heterocycles. The van der Waals surface area contributed by atoms with E-state index in [2.05, 4.69) is 194 Å². The molecule has 0 radical (unpaired) electrons. The van der Waals surface area contributed by atoms with Gasteiger partial charge in [0.25, 0.3) is 0 Å². The lowest BCUT2D eigenvalue weighted by atomic mass is 10.00. The van der Waals surface area contributed by atoms with Crippen molar-refractivity contribution in [1.82, 2.24) is 0 Å². The third-order valence-electron chi connectivity index (χ3n) is 10.8. The molecule has 0 bridgehead atoms. The molecule has 1 aromatic heterocycles. The van der Waals surface area contributed by atoms with E-state index in [0.717, 1.165) is 28.2 Å². The van der Waals surface area contributed by atoms with Crippen LogP contribution < -0.4 is 15.3 Å². The van der Waals surface area contributed by atoms with Gasteiger partial charge in [-0.05, 0) is 97.5 Å². The van der Waals surface area contributed by atoms with Crippen LogP contribution in [0.4, 0.5) is 17.1 Å². The summed E-state index contributed by atoms with van der Waals surface area (Å²) < 4.78 is 6.60. The lowest BCUT2D eigenvalue weighted by Gasteiger charge is -2.28. The van der Waals surface area contributed by atoms with Gasteiger partial charge in [0.05, 0.1) is 0 Å². The Morgan fingerprint density at radius 1 is 0.431 bits per heavy atom. The van der Waals surface area contributed by atoms with Gasteiger partial charge in [0.1, 0.15) is 19.2 Å². The topological polar surface area (TPSA) is 16.4 Å². The molecule has 3 heteroatoms. The maximum Gasteiger partial charge on any atom is 0.143 e. The van der Waals surface area contributed by atoms with Crippen LogP contribution in [0.15, 0.2) is 180 Å². The standard InChI is InChI=1S/C48H35NOSi/c1-51(2)45-28-27-42-41-17-8-9-18-44(41)50-48(42)47(45)43-26-25-40(31-46(43)51)49(39-16-10-15-36(30-39)32-11-4-3-5-12-32)38-23-21-34(22-24-38)37-20-19-33-13-6-7-14-35(33)29-37/h3-31H,1-2H3. The maximum atomic E-state index is 6.60. The fourth-order valence-corrected chi connectivity index (χ4v) is 11.3. The van der Waals surface area contributed by atoms with Gasteiger partial charge < -0.3 is 9.32 Å². The van der Waals surface area contributed by atoms with Gasteiger partial charge in [-0.25, -0.2) is 0 Å². The Kier molecular flexibility index (Phi) is 6.67. The molecule has 0 saturated carbocycles. The second-order valence-corrected chi connectivity index (χ2v) is 18.5. The van der Waals surface area contributed by atoms with Crippen LogP contribution in [0.3, 0.4) is 0 Å².